The predicted molar refractivity (Wildman–Crippen MR) is 97.4 cm³/mol. The lowest BCUT2D eigenvalue weighted by atomic mass is 10.1. The van der Waals surface area contributed by atoms with Crippen molar-refractivity contribution in [2.45, 2.75) is 12.7 Å². The SMILES string of the molecule is Cn1c(=O)c2c(ncn2CC(=O)N/N=C/c2ccc(C(F)(F)F)cc2)n(C)c1=O. The number of carbonyl (C=O) groups excluding carboxylic acids is 1. The number of hydrazone groups is 1. The molecule has 1 aromatic carbocycles. The van der Waals surface area contributed by atoms with Crippen molar-refractivity contribution < 1.29 is 18.0 Å². The number of alkyl halides is 3. The summed E-state index contributed by atoms with van der Waals surface area (Å²) in [4.78, 5) is 40.3. The number of fused-ring (bicyclic) bond motifs is 1. The first-order valence-electron chi connectivity index (χ1n) is 8.19. The van der Waals surface area contributed by atoms with Crippen LogP contribution in [0.15, 0.2) is 45.3 Å². The van der Waals surface area contributed by atoms with E-state index in [1.54, 1.807) is 0 Å². The summed E-state index contributed by atoms with van der Waals surface area (Å²) in [7, 11) is 2.77. The summed E-state index contributed by atoms with van der Waals surface area (Å²) in [5.41, 5.74) is 0.867. The van der Waals surface area contributed by atoms with E-state index in [0.29, 0.717) is 5.56 Å². The van der Waals surface area contributed by atoms with E-state index in [2.05, 4.69) is 15.5 Å². The molecule has 0 fully saturated rings. The van der Waals surface area contributed by atoms with Gasteiger partial charge in [-0.05, 0) is 17.7 Å². The number of halogens is 3. The maximum Gasteiger partial charge on any atom is 0.416 e. The number of imidazole rings is 1. The second-order valence-electron chi connectivity index (χ2n) is 6.16. The third-order valence-electron chi connectivity index (χ3n) is 4.17. The van der Waals surface area contributed by atoms with Crippen LogP contribution in [0.3, 0.4) is 0 Å². The number of rotatable bonds is 4. The van der Waals surface area contributed by atoms with Crippen LogP contribution >= 0.6 is 0 Å². The van der Waals surface area contributed by atoms with Crippen molar-refractivity contribution in [3.05, 3.63) is 62.6 Å². The number of benzene rings is 1. The predicted octanol–water partition coefficient (Wildman–Crippen LogP) is 0.603. The number of aromatic nitrogens is 4. The topological polar surface area (TPSA) is 103 Å². The van der Waals surface area contributed by atoms with Gasteiger partial charge in [0.2, 0.25) is 0 Å². The average molecular weight is 408 g/mol. The molecule has 0 saturated heterocycles. The molecule has 0 aliphatic carbocycles. The number of carbonyl (C=O) groups is 1. The van der Waals surface area contributed by atoms with Crippen LogP contribution in [0.2, 0.25) is 0 Å². The molecule has 0 aliphatic rings. The minimum absolute atomic E-state index is 0.0801. The summed E-state index contributed by atoms with van der Waals surface area (Å²) >= 11 is 0. The minimum atomic E-state index is -4.43. The smallest absolute Gasteiger partial charge is 0.315 e. The van der Waals surface area contributed by atoms with Crippen LogP contribution in [0.4, 0.5) is 13.2 Å². The number of hydrogen-bond acceptors (Lipinski definition) is 5. The fourth-order valence-corrected chi connectivity index (χ4v) is 2.64. The monoisotopic (exact) mass is 408 g/mol. The first-order chi connectivity index (χ1) is 13.6. The molecule has 3 rings (SSSR count). The Morgan fingerprint density at radius 2 is 1.83 bits per heavy atom. The fraction of sp³-hybridized carbons (Fsp3) is 0.235. The molecular weight excluding hydrogens is 393 g/mol. The molecule has 0 radical (unpaired) electrons. The van der Waals surface area contributed by atoms with Gasteiger partial charge in [-0.1, -0.05) is 12.1 Å². The number of hydrogen-bond donors (Lipinski definition) is 1. The van der Waals surface area contributed by atoms with Crippen molar-refractivity contribution in [2.24, 2.45) is 19.2 Å². The summed E-state index contributed by atoms with van der Waals surface area (Å²) in [6.07, 6.45) is -1.99. The highest BCUT2D eigenvalue weighted by Gasteiger charge is 2.29. The molecule has 9 nitrogen and oxygen atoms in total. The van der Waals surface area contributed by atoms with E-state index in [9.17, 15) is 27.6 Å². The molecular formula is C17H15F3N6O3. The molecule has 1 N–H and O–H groups in total. The Kier molecular flexibility index (Phi) is 5.10. The van der Waals surface area contributed by atoms with Crippen LogP contribution in [0.25, 0.3) is 11.2 Å². The second-order valence-corrected chi connectivity index (χ2v) is 6.16. The largest absolute Gasteiger partial charge is 0.416 e. The Balaban J connectivity index is 1.73. The van der Waals surface area contributed by atoms with Crippen LogP contribution in [-0.4, -0.2) is 30.8 Å². The van der Waals surface area contributed by atoms with Crippen LogP contribution < -0.4 is 16.7 Å². The van der Waals surface area contributed by atoms with E-state index in [-0.39, 0.29) is 17.7 Å². The maximum absolute atomic E-state index is 12.5. The van der Waals surface area contributed by atoms with Crippen LogP contribution in [0.5, 0.6) is 0 Å². The van der Waals surface area contributed by atoms with Crippen LogP contribution in [-0.2, 0) is 31.6 Å². The summed E-state index contributed by atoms with van der Waals surface area (Å²) in [6, 6.07) is 4.24. The van der Waals surface area contributed by atoms with Gasteiger partial charge in [0.1, 0.15) is 6.54 Å². The number of amides is 1. The summed E-state index contributed by atoms with van der Waals surface area (Å²) in [5, 5.41) is 3.69. The Bertz CT molecular complexity index is 1220. The van der Waals surface area contributed by atoms with E-state index < -0.39 is 28.9 Å². The number of nitrogens with one attached hydrogen (secondary N) is 1. The fourth-order valence-electron chi connectivity index (χ4n) is 2.64. The first-order valence-corrected chi connectivity index (χ1v) is 8.19. The highest BCUT2D eigenvalue weighted by Crippen LogP contribution is 2.28. The lowest BCUT2D eigenvalue weighted by Crippen LogP contribution is -2.38. The van der Waals surface area contributed by atoms with E-state index in [1.807, 2.05) is 0 Å². The molecule has 2 heterocycles. The Labute approximate surface area is 160 Å². The molecule has 0 unspecified atom stereocenters. The molecule has 12 heteroatoms. The zero-order chi connectivity index (χ0) is 21.3. The summed E-state index contributed by atoms with van der Waals surface area (Å²) in [6.45, 7) is -0.297. The van der Waals surface area contributed by atoms with E-state index >= 15 is 0 Å². The maximum atomic E-state index is 12.5. The highest BCUT2D eigenvalue weighted by atomic mass is 19.4. The third kappa shape index (κ3) is 3.95. The van der Waals surface area contributed by atoms with Crippen molar-refractivity contribution >= 4 is 23.3 Å². The van der Waals surface area contributed by atoms with Gasteiger partial charge in [-0.2, -0.15) is 18.3 Å². The zero-order valence-corrected chi connectivity index (χ0v) is 15.3. The molecule has 0 spiro atoms. The standard InChI is InChI=1S/C17H15F3N6O3/c1-24-14-13(15(28)25(2)16(24)29)26(9-21-14)8-12(27)23-22-7-10-3-5-11(6-4-10)17(18,19)20/h3-7,9H,8H2,1-2H3,(H,23,27)/b22-7+. The van der Waals surface area contributed by atoms with Gasteiger partial charge >= 0.3 is 11.9 Å². The summed E-state index contributed by atoms with van der Waals surface area (Å²) < 4.78 is 41.0. The lowest BCUT2D eigenvalue weighted by Gasteiger charge is -2.06. The van der Waals surface area contributed by atoms with E-state index in [4.69, 9.17) is 0 Å². The van der Waals surface area contributed by atoms with E-state index in [1.165, 1.54) is 47.9 Å². The molecule has 29 heavy (non-hydrogen) atoms. The zero-order valence-electron chi connectivity index (χ0n) is 15.3. The van der Waals surface area contributed by atoms with Gasteiger partial charge in [0.25, 0.3) is 11.5 Å². The summed E-state index contributed by atoms with van der Waals surface area (Å²) in [5.74, 6) is -0.594. The number of nitrogens with zero attached hydrogens (tertiary/aromatic N) is 5. The first kappa shape index (κ1) is 20.0. The molecule has 2 aromatic heterocycles. The van der Waals surface area contributed by atoms with Gasteiger partial charge in [0, 0.05) is 14.1 Å². The molecule has 0 aliphatic heterocycles. The van der Waals surface area contributed by atoms with Crippen LogP contribution in [0.1, 0.15) is 11.1 Å². The van der Waals surface area contributed by atoms with Crippen LogP contribution in [0, 0.1) is 0 Å². The van der Waals surface area contributed by atoms with Gasteiger partial charge < -0.3 is 4.57 Å². The Morgan fingerprint density at radius 1 is 1.17 bits per heavy atom. The van der Waals surface area contributed by atoms with Crippen molar-refractivity contribution in [3.8, 4) is 0 Å². The van der Waals surface area contributed by atoms with Crippen molar-refractivity contribution in [1.29, 1.82) is 0 Å². The van der Waals surface area contributed by atoms with Gasteiger partial charge in [0.05, 0.1) is 18.1 Å². The normalized spacial score (nSPS) is 12.0. The van der Waals surface area contributed by atoms with Gasteiger partial charge in [-0.25, -0.2) is 15.2 Å². The Hall–Kier alpha value is -3.70. The molecule has 0 bridgehead atoms. The second kappa shape index (κ2) is 7.37. The van der Waals surface area contributed by atoms with Crippen molar-refractivity contribution in [3.63, 3.8) is 0 Å². The Morgan fingerprint density at radius 3 is 2.45 bits per heavy atom. The van der Waals surface area contributed by atoms with Gasteiger partial charge in [-0.3, -0.25) is 18.7 Å². The van der Waals surface area contributed by atoms with E-state index in [0.717, 1.165) is 16.7 Å². The minimum Gasteiger partial charge on any atom is -0.315 e. The molecule has 0 saturated carbocycles. The average Bonchev–Trinajstić information content (AvgIpc) is 3.08. The molecule has 152 valence electrons. The number of aryl methyl sites for hydroxylation is 1. The van der Waals surface area contributed by atoms with Gasteiger partial charge in [-0.15, -0.1) is 0 Å². The van der Waals surface area contributed by atoms with Crippen molar-refractivity contribution in [2.75, 3.05) is 0 Å². The lowest BCUT2D eigenvalue weighted by molar-refractivity contribution is -0.137. The highest BCUT2D eigenvalue weighted by molar-refractivity contribution is 5.83. The third-order valence-corrected chi connectivity index (χ3v) is 4.17. The van der Waals surface area contributed by atoms with Gasteiger partial charge in [0.15, 0.2) is 11.2 Å². The quantitative estimate of drug-likeness (QED) is 0.504. The molecule has 3 aromatic rings. The molecule has 1 amide bonds. The van der Waals surface area contributed by atoms with Crippen molar-refractivity contribution in [1.82, 2.24) is 24.1 Å². The molecule has 0 atom stereocenters.